The van der Waals surface area contributed by atoms with Crippen molar-refractivity contribution < 1.29 is 182 Å². The highest BCUT2D eigenvalue weighted by molar-refractivity contribution is 5.95. The van der Waals surface area contributed by atoms with Crippen LogP contribution in [0.3, 0.4) is 0 Å². The number of hydrogen-bond acceptors (Lipinski definition) is 39. The summed E-state index contributed by atoms with van der Waals surface area (Å²) in [7, 11) is 0. The average Bonchev–Trinajstić information content (AvgIpc) is 1.56. The first-order valence-electron chi connectivity index (χ1n) is 40.4. The van der Waals surface area contributed by atoms with Gasteiger partial charge < -0.3 is 178 Å². The van der Waals surface area contributed by atoms with Crippen molar-refractivity contribution in [2.24, 2.45) is 0 Å². The molecule has 29 rings (SSSR count). The topological polar surface area (TPSA) is 584 Å². The summed E-state index contributed by atoms with van der Waals surface area (Å²) in [5.74, 6) is -0.763. The molecule has 0 saturated carbocycles. The van der Waals surface area contributed by atoms with E-state index in [9.17, 15) is 111 Å². The van der Waals surface area contributed by atoms with E-state index in [4.69, 9.17) is 71.1 Å². The Morgan fingerprint density at radius 3 is 1.20 bits per heavy atom. The fourth-order valence-electron chi connectivity index (χ4n) is 16.9. The minimum Gasteiger partial charge on any atom is -0.488 e. The first-order chi connectivity index (χ1) is 58.0. The van der Waals surface area contributed by atoms with Crippen LogP contribution in [0.5, 0.6) is 5.75 Å². The third-order valence-electron chi connectivity index (χ3n) is 23.5. The molecule has 26 heterocycles. The quantitative estimate of drug-likeness (QED) is 0.0345. The molecule has 4 aromatic rings. The van der Waals surface area contributed by atoms with Crippen LogP contribution in [-0.4, -0.2) is 411 Å². The van der Waals surface area contributed by atoms with Crippen molar-refractivity contribution in [3.8, 4) is 5.75 Å². The molecule has 0 aliphatic carbocycles. The lowest BCUT2D eigenvalue weighted by molar-refractivity contribution is -0.404. The molecule has 2 amide bonds. The van der Waals surface area contributed by atoms with Crippen molar-refractivity contribution in [2.45, 2.75) is 267 Å². The molecule has 25 aliphatic heterocycles. The number of carbonyl (C=O) groups is 1. The first kappa shape index (κ1) is 92.7. The van der Waals surface area contributed by atoms with Gasteiger partial charge in [-0.25, -0.2) is 23.2 Å². The van der Waals surface area contributed by atoms with E-state index in [0.29, 0.717) is 12.2 Å². The standard InChI is InChI=1S/C41H51F2N7O5.C36H60O30/c1-4-5-6-7-18-41(52)26-49(39(51)50(41)30(2)3)34-11-9-32(10-12-34)46-19-21-47(22-20-46)33-13-15-35(16-14-33)53-24-38-54-27-40(55-38,25-48-29-44-28-45-48)36-17-8-31(42)23-37(36)43;37-1-7-25-13(43)19(49)31(55-7)62-26-8(2-38)57-33(21(51)15(26)45)64-28-10(4-40)59-35(23(53)17(28)47)66-30-12(6-42)60-36(24(54)18(30)48)65-29-11(5-41)58-34(22(52)16(29)46)63-27-9(3-39)56-32(61-25)20(50)14(27)44/h8-17,23,28-30,38,52H,4-7,18-22,24-27H2,1-3H3;7-54H,1-6H2/t38-,40+,41?;7-,8-,9-,10-,11-,12-,13-,14-,15-,16-,17-,18-,19-,20-,21-,22-,23-,24-,25-,26-,27-,28-,29-,30-,31-,32-,33-,34-,35-,36-/m01/s1. The number of amides is 2. The molecule has 3 aromatic carbocycles. The van der Waals surface area contributed by atoms with Gasteiger partial charge in [0.25, 0.3) is 0 Å². The molecule has 0 spiro atoms. The second-order valence-corrected chi connectivity index (χ2v) is 31.8. The molecule has 25 aliphatic rings. The van der Waals surface area contributed by atoms with E-state index in [2.05, 4.69) is 38.9 Å². The van der Waals surface area contributed by atoms with Crippen LogP contribution in [0.4, 0.5) is 30.6 Å². The van der Waals surface area contributed by atoms with Gasteiger partial charge in [0.15, 0.2) is 49.8 Å². The zero-order valence-electron chi connectivity index (χ0n) is 66.3. The van der Waals surface area contributed by atoms with Crippen LogP contribution in [0, 0.1) is 11.6 Å². The number of aliphatic hydroxyl groups excluding tert-OH is 18. The van der Waals surface area contributed by atoms with Crippen LogP contribution >= 0.6 is 0 Å². The van der Waals surface area contributed by atoms with Gasteiger partial charge in [-0.15, -0.1) is 0 Å². The van der Waals surface area contributed by atoms with Crippen LogP contribution in [0.2, 0.25) is 0 Å². The van der Waals surface area contributed by atoms with Crippen molar-refractivity contribution in [1.82, 2.24) is 19.7 Å². The summed E-state index contributed by atoms with van der Waals surface area (Å²) < 4.78 is 116. The summed E-state index contributed by atoms with van der Waals surface area (Å²) in [6, 6.07) is 19.1. The summed E-state index contributed by atoms with van der Waals surface area (Å²) in [4.78, 5) is 25.5. The summed E-state index contributed by atoms with van der Waals surface area (Å²) in [6.45, 7) is 3.91. The minimum absolute atomic E-state index is 0.0251. The van der Waals surface area contributed by atoms with E-state index < -0.39 is 253 Å². The van der Waals surface area contributed by atoms with Crippen molar-refractivity contribution in [1.29, 1.82) is 0 Å². The molecular weight excluding hydrogens is 1620 g/mol. The van der Waals surface area contributed by atoms with E-state index in [-0.39, 0.29) is 43.9 Å². The number of piperazine rings is 1. The maximum absolute atomic E-state index is 15.0. The van der Waals surface area contributed by atoms with E-state index in [1.807, 2.05) is 50.2 Å². The lowest BCUT2D eigenvalue weighted by Crippen LogP contribution is -2.69. The number of β-amino-alcohol motifs (C(OH)–C–C–N with tert-alkyl or cyclic N) is 1. The number of aromatic nitrogens is 3. The van der Waals surface area contributed by atoms with Crippen LogP contribution in [0.1, 0.15) is 58.4 Å². The average molecular weight is 1730 g/mol. The van der Waals surface area contributed by atoms with Gasteiger partial charge in [-0.2, -0.15) is 5.10 Å². The lowest BCUT2D eigenvalue weighted by Gasteiger charge is -2.50. The number of carbonyl (C=O) groups excluding carboxylic acids is 1. The highest BCUT2D eigenvalue weighted by Crippen LogP contribution is 2.43. The molecule has 25 fully saturated rings. The number of unbranched alkanes of at least 4 members (excludes halogenated alkanes) is 3. The molecule has 33 atom stereocenters. The first-order valence-corrected chi connectivity index (χ1v) is 40.4. The highest BCUT2D eigenvalue weighted by Gasteiger charge is 2.60. The number of urea groups is 1. The Morgan fingerprint density at radius 1 is 0.488 bits per heavy atom. The molecule has 19 N–H and O–H groups in total. The summed E-state index contributed by atoms with van der Waals surface area (Å²) >= 11 is 0. The van der Waals surface area contributed by atoms with Gasteiger partial charge in [0.2, 0.25) is 0 Å². The molecule has 44 heteroatoms. The third kappa shape index (κ3) is 19.8. The third-order valence-corrected chi connectivity index (χ3v) is 23.5. The predicted molar refractivity (Wildman–Crippen MR) is 401 cm³/mol. The van der Waals surface area contributed by atoms with Gasteiger partial charge in [-0.1, -0.05) is 32.3 Å². The van der Waals surface area contributed by atoms with Gasteiger partial charge in [-0.3, -0.25) is 9.80 Å². The largest absolute Gasteiger partial charge is 0.488 e. The van der Waals surface area contributed by atoms with Crippen LogP contribution < -0.4 is 19.4 Å². The normalized spacial score (nSPS) is 40.7. The maximum atomic E-state index is 15.0. The van der Waals surface area contributed by atoms with Gasteiger partial charge in [0.1, 0.15) is 189 Å². The van der Waals surface area contributed by atoms with Gasteiger partial charge >= 0.3 is 6.03 Å². The fraction of sp³-hybridized carbons (Fsp3) is 0.727. The number of hydrogen-bond donors (Lipinski definition) is 19. The smallest absolute Gasteiger partial charge is 0.327 e. The molecular formula is C77H111F2N7O35. The van der Waals surface area contributed by atoms with Gasteiger partial charge in [-0.05, 0) is 81.3 Å². The maximum Gasteiger partial charge on any atom is 0.327 e. The molecule has 25 saturated heterocycles. The monoisotopic (exact) mass is 1730 g/mol. The highest BCUT2D eigenvalue weighted by atomic mass is 19.1. The Bertz CT molecular complexity index is 3620. The summed E-state index contributed by atoms with van der Waals surface area (Å²) in [5, 5.41) is 211. The number of halogens is 2. The van der Waals surface area contributed by atoms with Crippen molar-refractivity contribution >= 4 is 23.1 Å². The van der Waals surface area contributed by atoms with E-state index >= 15 is 0 Å². The van der Waals surface area contributed by atoms with Crippen molar-refractivity contribution in [2.75, 3.05) is 100 Å². The van der Waals surface area contributed by atoms with E-state index in [1.54, 1.807) is 9.80 Å². The molecule has 121 heavy (non-hydrogen) atoms. The van der Waals surface area contributed by atoms with E-state index in [0.717, 1.165) is 75.0 Å². The van der Waals surface area contributed by atoms with Gasteiger partial charge in [0.05, 0.1) is 59.3 Å². The molecule has 12 bridgehead atoms. The van der Waals surface area contributed by atoms with Crippen LogP contribution in [-0.2, 0) is 78.5 Å². The Hall–Kier alpha value is -5.99. The minimum atomic E-state index is -2.15. The Balaban J connectivity index is 0.000000212. The van der Waals surface area contributed by atoms with Gasteiger partial charge in [0, 0.05) is 60.9 Å². The fourth-order valence-corrected chi connectivity index (χ4v) is 16.9. The molecule has 1 aromatic heterocycles. The second kappa shape index (κ2) is 40.3. The molecule has 1 unspecified atom stereocenters. The molecule has 42 nitrogen and oxygen atoms in total. The molecule has 678 valence electrons. The van der Waals surface area contributed by atoms with Crippen LogP contribution in [0.25, 0.3) is 0 Å². The zero-order valence-corrected chi connectivity index (χ0v) is 66.3. The van der Waals surface area contributed by atoms with Crippen LogP contribution in [0.15, 0.2) is 79.4 Å². The second-order valence-electron chi connectivity index (χ2n) is 31.8. The number of benzene rings is 3. The number of ether oxygens (including phenoxy) is 15. The Morgan fingerprint density at radius 2 is 0.860 bits per heavy atom. The number of aliphatic hydroxyl groups is 19. The zero-order chi connectivity index (χ0) is 86.6. The number of anilines is 3. The van der Waals surface area contributed by atoms with E-state index in [1.165, 1.54) is 29.5 Å². The van der Waals surface area contributed by atoms with Crippen molar-refractivity contribution in [3.63, 3.8) is 0 Å². The lowest BCUT2D eigenvalue weighted by atomic mass is 9.94. The summed E-state index contributed by atoms with van der Waals surface area (Å²) in [6.07, 6.45) is -51.6. The molecule has 0 radical (unpaired) electrons. The predicted octanol–water partition coefficient (Wildman–Crippen LogP) is -6.52. The number of rotatable bonds is 21. The summed E-state index contributed by atoms with van der Waals surface area (Å²) in [5.41, 5.74) is 0.737. The Kier molecular flexibility index (Phi) is 30.9. The SMILES string of the molecule is CCCCCCC1(O)CN(c2ccc(N3CCN(c4ccc(OC[C@H]5OC[C@](Cn6cncn6)(c6ccc(F)cc6F)O5)cc4)CC3)cc2)C(=O)N1C(C)C.OC[C@H]1O[C@@H]2O[C@H]3[C@H](O)[C@@H](O)[C@@H](O[C@H]4[C@H](O)[C@@H](O)[C@@H](O[C@H]5[C@H](O)[C@@H](O)[C@@H](O[C@H]6[C@H](O)[C@@H](O)[C@@H](O[C@H]7[C@H](O)[C@@H](O)[C@@H](O[C@H]1[C@H](O)[C@H]2O)O[C@@H]7CO)O[C@@H]6CO)O[C@@H]5CO)O[C@@H]4CO)O[C@@H]3CO. The Labute approximate surface area is 692 Å². The number of nitrogens with zero attached hydrogens (tertiary/aromatic N) is 7. The van der Waals surface area contributed by atoms with Crippen molar-refractivity contribution in [3.05, 3.63) is 96.6 Å².